The van der Waals surface area contributed by atoms with Crippen LogP contribution in [0.15, 0.2) is 30.6 Å². The molecule has 9 heteroatoms. The van der Waals surface area contributed by atoms with Gasteiger partial charge in [0.05, 0.1) is 6.33 Å². The monoisotopic (exact) mass is 394 g/mol. The molecule has 0 aliphatic carbocycles. The quantitative estimate of drug-likeness (QED) is 0.509. The Morgan fingerprint density at radius 1 is 1.28 bits per heavy atom. The molecule has 4 rings (SSSR count). The van der Waals surface area contributed by atoms with Crippen molar-refractivity contribution in [2.45, 2.75) is 32.2 Å². The van der Waals surface area contributed by atoms with Crippen LogP contribution in [0.5, 0.6) is 0 Å². The topological polar surface area (TPSA) is 111 Å². The number of nitrogens with zero attached hydrogens (tertiary/aromatic N) is 4. The highest BCUT2D eigenvalue weighted by Gasteiger charge is 2.17. The molecule has 1 saturated heterocycles. The molecule has 1 fully saturated rings. The zero-order chi connectivity index (χ0) is 20.2. The molecule has 3 heterocycles. The predicted molar refractivity (Wildman–Crippen MR) is 115 cm³/mol. The summed E-state index contributed by atoms with van der Waals surface area (Å²) in [5.41, 5.74) is 3.10. The fraction of sp³-hybridized carbons (Fsp3) is 0.400. The lowest BCUT2D eigenvalue weighted by molar-refractivity contribution is -0.118. The summed E-state index contributed by atoms with van der Waals surface area (Å²) in [6.07, 6.45) is 4.33. The van der Waals surface area contributed by atoms with E-state index in [1.807, 2.05) is 31.2 Å². The number of H-pyrrole nitrogens is 1. The van der Waals surface area contributed by atoms with Crippen LogP contribution in [0.4, 0.5) is 23.1 Å². The predicted octanol–water partition coefficient (Wildman–Crippen LogP) is 2.63. The van der Waals surface area contributed by atoms with Crippen LogP contribution in [-0.4, -0.2) is 52.0 Å². The Morgan fingerprint density at radius 2 is 2.10 bits per heavy atom. The van der Waals surface area contributed by atoms with Crippen molar-refractivity contribution in [1.29, 1.82) is 0 Å². The molecule has 29 heavy (non-hydrogen) atoms. The normalized spacial score (nSPS) is 16.6. The fourth-order valence-corrected chi connectivity index (χ4v) is 3.44. The lowest BCUT2D eigenvalue weighted by Crippen LogP contribution is -2.38. The van der Waals surface area contributed by atoms with E-state index in [0.717, 1.165) is 48.6 Å². The molecule has 0 spiro atoms. The maximum Gasteiger partial charge on any atom is 0.231 e. The third kappa shape index (κ3) is 4.29. The lowest BCUT2D eigenvalue weighted by Gasteiger charge is -2.24. The smallest absolute Gasteiger partial charge is 0.231 e. The van der Waals surface area contributed by atoms with Gasteiger partial charge in [0, 0.05) is 37.4 Å². The van der Waals surface area contributed by atoms with Gasteiger partial charge in [-0.25, -0.2) is 4.98 Å². The summed E-state index contributed by atoms with van der Waals surface area (Å²) in [5, 5.41) is 10.1. The molecule has 0 saturated carbocycles. The number of piperidine rings is 1. The number of carbonyl (C=O) groups excluding carboxylic acids is 1. The Hall–Kier alpha value is -3.20. The van der Waals surface area contributed by atoms with Gasteiger partial charge in [-0.15, -0.1) is 0 Å². The van der Waals surface area contributed by atoms with E-state index in [-0.39, 0.29) is 5.91 Å². The molecule has 1 aromatic carbocycles. The number of aromatic amines is 1. The third-order valence-electron chi connectivity index (χ3n) is 5.10. The van der Waals surface area contributed by atoms with Gasteiger partial charge in [0.15, 0.2) is 11.5 Å². The second-order valence-electron chi connectivity index (χ2n) is 7.16. The van der Waals surface area contributed by atoms with Crippen LogP contribution in [0.3, 0.4) is 0 Å². The summed E-state index contributed by atoms with van der Waals surface area (Å²) in [7, 11) is 1.78. The van der Waals surface area contributed by atoms with E-state index in [0.29, 0.717) is 24.1 Å². The van der Waals surface area contributed by atoms with Crippen LogP contribution >= 0.6 is 0 Å². The summed E-state index contributed by atoms with van der Waals surface area (Å²) >= 11 is 0. The van der Waals surface area contributed by atoms with Gasteiger partial charge in [-0.1, -0.05) is 6.92 Å². The third-order valence-corrected chi connectivity index (χ3v) is 5.10. The molecule has 1 aliphatic rings. The SMILES string of the molecule is CCC(=O)N(C)c1ccc(Nc2nc(NC3CCCNC3)c3nc[nH]c3n2)cc1. The molecule has 3 aromatic rings. The molecule has 0 bridgehead atoms. The summed E-state index contributed by atoms with van der Waals surface area (Å²) in [4.78, 5) is 30.1. The summed E-state index contributed by atoms with van der Waals surface area (Å²) in [6.45, 7) is 3.82. The number of hydrogen-bond donors (Lipinski definition) is 4. The maximum atomic E-state index is 11.9. The van der Waals surface area contributed by atoms with E-state index in [9.17, 15) is 4.79 Å². The van der Waals surface area contributed by atoms with Gasteiger partial charge in [0.25, 0.3) is 0 Å². The Balaban J connectivity index is 1.54. The molecule has 0 radical (unpaired) electrons. The first-order valence-electron chi connectivity index (χ1n) is 9.96. The van der Waals surface area contributed by atoms with Gasteiger partial charge in [0.2, 0.25) is 11.9 Å². The van der Waals surface area contributed by atoms with E-state index in [4.69, 9.17) is 0 Å². The minimum atomic E-state index is 0.0756. The lowest BCUT2D eigenvalue weighted by atomic mass is 10.1. The second kappa shape index (κ2) is 8.44. The van der Waals surface area contributed by atoms with Gasteiger partial charge in [-0.3, -0.25) is 4.79 Å². The molecular formula is C20H26N8O. The number of rotatable bonds is 6. The number of carbonyl (C=O) groups is 1. The Labute approximate surface area is 169 Å². The van der Waals surface area contributed by atoms with Gasteiger partial charge in [-0.05, 0) is 43.7 Å². The van der Waals surface area contributed by atoms with Gasteiger partial charge in [0.1, 0.15) is 5.52 Å². The van der Waals surface area contributed by atoms with Crippen LogP contribution in [0.2, 0.25) is 0 Å². The van der Waals surface area contributed by atoms with Gasteiger partial charge in [-0.2, -0.15) is 9.97 Å². The highest BCUT2D eigenvalue weighted by molar-refractivity contribution is 5.92. The Bertz CT molecular complexity index is 978. The molecule has 1 aliphatic heterocycles. The van der Waals surface area contributed by atoms with Crippen molar-refractivity contribution in [3.05, 3.63) is 30.6 Å². The fourth-order valence-electron chi connectivity index (χ4n) is 3.44. The number of amides is 1. The van der Waals surface area contributed by atoms with Crippen LogP contribution in [0.25, 0.3) is 11.2 Å². The number of nitrogens with one attached hydrogen (secondary N) is 4. The van der Waals surface area contributed by atoms with Crippen molar-refractivity contribution in [2.75, 3.05) is 35.7 Å². The first kappa shape index (κ1) is 19.1. The zero-order valence-electron chi connectivity index (χ0n) is 16.7. The number of imidazole rings is 1. The maximum absolute atomic E-state index is 11.9. The number of benzene rings is 1. The first-order valence-corrected chi connectivity index (χ1v) is 9.96. The second-order valence-corrected chi connectivity index (χ2v) is 7.16. The highest BCUT2D eigenvalue weighted by Crippen LogP contribution is 2.24. The highest BCUT2D eigenvalue weighted by atomic mass is 16.2. The molecule has 2 aromatic heterocycles. The Kier molecular flexibility index (Phi) is 5.57. The van der Waals surface area contributed by atoms with Crippen LogP contribution in [0, 0.1) is 0 Å². The molecule has 1 atom stereocenters. The first-order chi connectivity index (χ1) is 14.1. The van der Waals surface area contributed by atoms with Crippen LogP contribution in [0.1, 0.15) is 26.2 Å². The Morgan fingerprint density at radius 3 is 2.83 bits per heavy atom. The molecule has 1 amide bonds. The van der Waals surface area contributed by atoms with E-state index >= 15 is 0 Å². The van der Waals surface area contributed by atoms with Crippen molar-refractivity contribution in [3.63, 3.8) is 0 Å². The van der Waals surface area contributed by atoms with E-state index in [1.165, 1.54) is 0 Å². The van der Waals surface area contributed by atoms with E-state index in [1.54, 1.807) is 18.3 Å². The number of aromatic nitrogens is 4. The molecule has 1 unspecified atom stereocenters. The number of fused-ring (bicyclic) bond motifs is 1. The van der Waals surface area contributed by atoms with E-state index in [2.05, 4.69) is 35.9 Å². The summed E-state index contributed by atoms with van der Waals surface area (Å²) in [6, 6.07) is 7.94. The largest absolute Gasteiger partial charge is 0.364 e. The van der Waals surface area contributed by atoms with Crippen molar-refractivity contribution >= 4 is 40.2 Å². The summed E-state index contributed by atoms with van der Waals surface area (Å²) < 4.78 is 0. The average Bonchev–Trinajstić information content (AvgIpc) is 3.23. The van der Waals surface area contributed by atoms with Crippen molar-refractivity contribution < 1.29 is 4.79 Å². The standard InChI is InChI=1S/C20H26N8O/c1-3-16(29)28(2)15-8-6-13(7-9-15)25-20-26-18-17(22-12-23-18)19(27-20)24-14-5-4-10-21-11-14/h6-9,12,14,21H,3-5,10-11H2,1-2H3,(H3,22,23,24,25,26,27). The van der Waals surface area contributed by atoms with Gasteiger partial charge < -0.3 is 25.8 Å². The minimum absolute atomic E-state index is 0.0756. The number of hydrogen-bond acceptors (Lipinski definition) is 7. The molecule has 9 nitrogen and oxygen atoms in total. The molecule has 152 valence electrons. The van der Waals surface area contributed by atoms with Crippen molar-refractivity contribution in [2.24, 2.45) is 0 Å². The van der Waals surface area contributed by atoms with E-state index < -0.39 is 0 Å². The molecular weight excluding hydrogens is 368 g/mol. The molecule has 4 N–H and O–H groups in total. The van der Waals surface area contributed by atoms with Crippen molar-refractivity contribution in [1.82, 2.24) is 25.3 Å². The zero-order valence-corrected chi connectivity index (χ0v) is 16.7. The average molecular weight is 394 g/mol. The van der Waals surface area contributed by atoms with Crippen LogP contribution in [-0.2, 0) is 4.79 Å². The summed E-state index contributed by atoms with van der Waals surface area (Å²) in [5.74, 6) is 1.28. The van der Waals surface area contributed by atoms with Gasteiger partial charge >= 0.3 is 0 Å². The number of anilines is 4. The minimum Gasteiger partial charge on any atom is -0.364 e. The van der Waals surface area contributed by atoms with Crippen molar-refractivity contribution in [3.8, 4) is 0 Å². The van der Waals surface area contributed by atoms with Crippen LogP contribution < -0.4 is 20.9 Å².